The van der Waals surface area contributed by atoms with Gasteiger partial charge in [0.2, 0.25) is 0 Å². The van der Waals surface area contributed by atoms with E-state index >= 15 is 0 Å². The average Bonchev–Trinajstić information content (AvgIpc) is 2.92. The lowest BCUT2D eigenvalue weighted by molar-refractivity contribution is -0.118. The topological polar surface area (TPSA) is 78.1 Å². The molecule has 3 rings (SSSR count). The molecule has 5 nitrogen and oxygen atoms in total. The number of nitrogens with two attached hydrogens (primary N) is 1. The van der Waals surface area contributed by atoms with Crippen LogP contribution in [-0.4, -0.2) is 28.4 Å². The van der Waals surface area contributed by atoms with Crippen molar-refractivity contribution < 1.29 is 9.53 Å². The lowest BCUT2D eigenvalue weighted by atomic mass is 10.0. The Labute approximate surface area is 222 Å². The molecule has 0 bridgehead atoms. The fraction of sp³-hybridized carbons (Fsp3) is 0.469. The Bertz CT molecular complexity index is 1050. The number of nitrogens with zero attached hydrogens (tertiary/aromatic N) is 2. The summed E-state index contributed by atoms with van der Waals surface area (Å²) in [5.41, 5.74) is 9.85. The number of ketones is 1. The van der Waals surface area contributed by atoms with E-state index in [0.717, 1.165) is 41.0 Å². The molecule has 0 aliphatic carbocycles. The van der Waals surface area contributed by atoms with Gasteiger partial charge in [0.05, 0.1) is 12.6 Å². The zero-order valence-electron chi connectivity index (χ0n) is 22.6. The maximum absolute atomic E-state index is 11.4. The smallest absolute Gasteiger partial charge is 0.159 e. The molecule has 1 aromatic heterocycles. The van der Waals surface area contributed by atoms with Crippen LogP contribution in [0.25, 0.3) is 22.5 Å². The van der Waals surface area contributed by atoms with Crippen LogP contribution in [0.4, 0.5) is 0 Å². The number of unbranched alkanes of at least 4 members (excludes halogenated alkanes) is 9. The molecule has 2 aromatic carbocycles. The quantitative estimate of drug-likeness (QED) is 0.193. The van der Waals surface area contributed by atoms with E-state index in [4.69, 9.17) is 10.5 Å². The van der Waals surface area contributed by atoms with Crippen molar-refractivity contribution in [3.05, 3.63) is 66.5 Å². The standard InChI is InChI=1S/C32H43N3O2/c1-3-4-5-6-7-8-9-10-11-12-21-37-30-19-17-27(18-20-30)29-23-34-32(35-24-29)28-15-13-26(14-16-28)22-31(33)25(2)36/h13-20,23-24,31H,3-12,21-22,33H2,1-2H3. The first-order chi connectivity index (χ1) is 18.1. The largest absolute Gasteiger partial charge is 0.494 e. The highest BCUT2D eigenvalue weighted by Crippen LogP contribution is 2.23. The monoisotopic (exact) mass is 501 g/mol. The van der Waals surface area contributed by atoms with E-state index < -0.39 is 6.04 Å². The first-order valence-electron chi connectivity index (χ1n) is 14.0. The van der Waals surface area contributed by atoms with Crippen LogP contribution in [0.1, 0.15) is 83.6 Å². The molecular formula is C32H43N3O2. The van der Waals surface area contributed by atoms with Crippen molar-refractivity contribution in [1.82, 2.24) is 9.97 Å². The number of benzene rings is 2. The Balaban J connectivity index is 1.39. The predicted octanol–water partition coefficient (Wildman–Crippen LogP) is 7.57. The SMILES string of the molecule is CCCCCCCCCCCCOc1ccc(-c2cnc(-c3ccc(CC(N)C(C)=O)cc3)nc2)cc1. The fourth-order valence-electron chi connectivity index (χ4n) is 4.34. The molecule has 0 saturated carbocycles. The van der Waals surface area contributed by atoms with E-state index in [-0.39, 0.29) is 5.78 Å². The lowest BCUT2D eigenvalue weighted by Crippen LogP contribution is -2.30. The molecule has 0 fully saturated rings. The molecular weight excluding hydrogens is 458 g/mol. The zero-order chi connectivity index (χ0) is 26.3. The summed E-state index contributed by atoms with van der Waals surface area (Å²) in [6, 6.07) is 15.6. The van der Waals surface area contributed by atoms with Crippen molar-refractivity contribution in [2.24, 2.45) is 5.73 Å². The second-order valence-corrected chi connectivity index (χ2v) is 9.97. The van der Waals surface area contributed by atoms with Gasteiger partial charge < -0.3 is 10.5 Å². The van der Waals surface area contributed by atoms with Gasteiger partial charge in [-0.2, -0.15) is 0 Å². The number of ether oxygens (including phenoxy) is 1. The summed E-state index contributed by atoms with van der Waals surface area (Å²) >= 11 is 0. The van der Waals surface area contributed by atoms with Crippen LogP contribution < -0.4 is 10.5 Å². The number of carbonyl (C=O) groups is 1. The van der Waals surface area contributed by atoms with Gasteiger partial charge in [0.15, 0.2) is 5.82 Å². The third-order valence-corrected chi connectivity index (χ3v) is 6.80. The Kier molecular flexibility index (Phi) is 12.3. The third-order valence-electron chi connectivity index (χ3n) is 6.80. The van der Waals surface area contributed by atoms with Crippen LogP contribution in [0.3, 0.4) is 0 Å². The molecule has 1 heterocycles. The summed E-state index contributed by atoms with van der Waals surface area (Å²) in [5.74, 6) is 1.57. The highest BCUT2D eigenvalue weighted by atomic mass is 16.5. The zero-order valence-corrected chi connectivity index (χ0v) is 22.6. The molecule has 37 heavy (non-hydrogen) atoms. The molecule has 1 unspecified atom stereocenters. The molecule has 3 aromatic rings. The molecule has 5 heteroatoms. The van der Waals surface area contributed by atoms with Crippen molar-refractivity contribution in [3.63, 3.8) is 0 Å². The first-order valence-corrected chi connectivity index (χ1v) is 14.0. The highest BCUT2D eigenvalue weighted by molar-refractivity contribution is 5.81. The maximum Gasteiger partial charge on any atom is 0.159 e. The average molecular weight is 502 g/mol. The third kappa shape index (κ3) is 10.1. The van der Waals surface area contributed by atoms with E-state index in [1.165, 1.54) is 64.7 Å². The second kappa shape index (κ2) is 15.9. The molecule has 0 aliphatic rings. The summed E-state index contributed by atoms with van der Waals surface area (Å²) in [6.07, 6.45) is 17.5. The Morgan fingerprint density at radius 2 is 1.30 bits per heavy atom. The van der Waals surface area contributed by atoms with Gasteiger partial charge in [0, 0.05) is 23.5 Å². The Morgan fingerprint density at radius 3 is 1.86 bits per heavy atom. The van der Waals surface area contributed by atoms with E-state index in [2.05, 4.69) is 29.0 Å². The molecule has 0 amide bonds. The van der Waals surface area contributed by atoms with Gasteiger partial charge >= 0.3 is 0 Å². The van der Waals surface area contributed by atoms with Crippen molar-refractivity contribution in [3.8, 4) is 28.3 Å². The number of aromatic nitrogens is 2. The minimum atomic E-state index is -0.460. The van der Waals surface area contributed by atoms with Gasteiger partial charge in [-0.15, -0.1) is 0 Å². The van der Waals surface area contributed by atoms with Crippen molar-refractivity contribution >= 4 is 5.78 Å². The van der Waals surface area contributed by atoms with Gasteiger partial charge in [-0.3, -0.25) is 4.79 Å². The van der Waals surface area contributed by atoms with E-state index in [1.54, 1.807) is 0 Å². The predicted molar refractivity (Wildman–Crippen MR) is 153 cm³/mol. The molecule has 2 N–H and O–H groups in total. The number of rotatable bonds is 17. The van der Waals surface area contributed by atoms with Crippen LogP contribution >= 0.6 is 0 Å². The number of Topliss-reactive ketones (excluding diaryl/α,β-unsaturated/α-hetero) is 1. The summed E-state index contributed by atoms with van der Waals surface area (Å²) in [7, 11) is 0. The number of carbonyl (C=O) groups excluding carboxylic acids is 1. The molecule has 0 spiro atoms. The highest BCUT2D eigenvalue weighted by Gasteiger charge is 2.10. The van der Waals surface area contributed by atoms with E-state index in [1.807, 2.05) is 48.8 Å². The number of hydrogen-bond acceptors (Lipinski definition) is 5. The minimum absolute atomic E-state index is 0.00308. The van der Waals surface area contributed by atoms with Gasteiger partial charge in [-0.05, 0) is 43.0 Å². The van der Waals surface area contributed by atoms with Gasteiger partial charge in [-0.25, -0.2) is 9.97 Å². The lowest BCUT2D eigenvalue weighted by Gasteiger charge is -2.09. The van der Waals surface area contributed by atoms with E-state index in [9.17, 15) is 4.79 Å². The summed E-state index contributed by atoms with van der Waals surface area (Å²) in [4.78, 5) is 20.5. The number of hydrogen-bond donors (Lipinski definition) is 1. The van der Waals surface area contributed by atoms with Gasteiger partial charge in [0.25, 0.3) is 0 Å². The Hall–Kier alpha value is -3.05. The molecule has 0 saturated heterocycles. The van der Waals surface area contributed by atoms with Gasteiger partial charge in [0.1, 0.15) is 11.5 Å². The summed E-state index contributed by atoms with van der Waals surface area (Å²) < 4.78 is 5.93. The van der Waals surface area contributed by atoms with Crippen LogP contribution in [-0.2, 0) is 11.2 Å². The Morgan fingerprint density at radius 1 is 0.757 bits per heavy atom. The fourth-order valence-corrected chi connectivity index (χ4v) is 4.34. The van der Waals surface area contributed by atoms with Crippen molar-refractivity contribution in [2.75, 3.05) is 6.61 Å². The molecule has 198 valence electrons. The van der Waals surface area contributed by atoms with Gasteiger partial charge in [-0.1, -0.05) is 101 Å². The van der Waals surface area contributed by atoms with Crippen LogP contribution in [0.5, 0.6) is 5.75 Å². The van der Waals surface area contributed by atoms with Crippen LogP contribution in [0, 0.1) is 0 Å². The molecule has 0 radical (unpaired) electrons. The van der Waals surface area contributed by atoms with E-state index in [0.29, 0.717) is 12.2 Å². The maximum atomic E-state index is 11.4. The first kappa shape index (κ1) is 28.5. The van der Waals surface area contributed by atoms with Crippen LogP contribution in [0.2, 0.25) is 0 Å². The molecule has 1 atom stereocenters. The minimum Gasteiger partial charge on any atom is -0.494 e. The normalized spacial score (nSPS) is 11.9. The molecule has 0 aliphatic heterocycles. The van der Waals surface area contributed by atoms with Crippen LogP contribution in [0.15, 0.2) is 60.9 Å². The summed E-state index contributed by atoms with van der Waals surface area (Å²) in [5, 5.41) is 0. The summed E-state index contributed by atoms with van der Waals surface area (Å²) in [6.45, 7) is 4.56. The van der Waals surface area contributed by atoms with Crippen molar-refractivity contribution in [2.45, 2.75) is 90.5 Å². The second-order valence-electron chi connectivity index (χ2n) is 9.97. The van der Waals surface area contributed by atoms with Crippen molar-refractivity contribution in [1.29, 1.82) is 0 Å².